The average Bonchev–Trinajstić information content (AvgIpc) is 2.77. The topological polar surface area (TPSA) is 52.6 Å². The monoisotopic (exact) mass is 312 g/mol. The van der Waals surface area contributed by atoms with Gasteiger partial charge in [0.15, 0.2) is 0 Å². The first-order valence-corrected chi connectivity index (χ1v) is 8.00. The van der Waals surface area contributed by atoms with Crippen molar-refractivity contribution >= 4 is 23.5 Å². The fourth-order valence-corrected chi connectivity index (χ4v) is 4.89. The second-order valence-corrected chi connectivity index (χ2v) is 7.32. The highest BCUT2D eigenvalue weighted by Crippen LogP contribution is 2.66. The van der Waals surface area contributed by atoms with Crippen LogP contribution in [-0.2, 0) is 19.1 Å². The maximum Gasteiger partial charge on any atom is 0.333 e. The Bertz CT molecular complexity index is 512. The Morgan fingerprint density at radius 2 is 2.00 bits per heavy atom. The zero-order valence-electron chi connectivity index (χ0n) is 12.5. The number of esters is 2. The third-order valence-electron chi connectivity index (χ3n) is 5.65. The van der Waals surface area contributed by atoms with E-state index in [0.717, 1.165) is 25.7 Å². The highest BCUT2D eigenvalue weighted by atomic mass is 35.5. The zero-order valence-corrected chi connectivity index (χ0v) is 13.2. The summed E-state index contributed by atoms with van der Waals surface area (Å²) in [6, 6.07) is 0. The van der Waals surface area contributed by atoms with E-state index in [9.17, 15) is 9.59 Å². The lowest BCUT2D eigenvalue weighted by atomic mass is 9.70. The number of ether oxygens (including phenoxy) is 2. The molecule has 0 N–H and O–H groups in total. The summed E-state index contributed by atoms with van der Waals surface area (Å²) < 4.78 is 11.4. The fraction of sp³-hybridized carbons (Fsp3) is 0.750. The normalized spacial score (nSPS) is 42.9. The minimum Gasteiger partial charge on any atom is -0.458 e. The van der Waals surface area contributed by atoms with Crippen molar-refractivity contribution in [2.75, 3.05) is 5.88 Å². The molecule has 4 nitrogen and oxygen atoms in total. The molecular formula is C16H21ClO4. The Morgan fingerprint density at radius 3 is 2.57 bits per heavy atom. The van der Waals surface area contributed by atoms with Crippen molar-refractivity contribution in [2.45, 2.75) is 50.7 Å². The molecular weight excluding hydrogens is 292 g/mol. The standard InChI is InChI=1S/C16H21ClO4/c1-9(2)14(19)21-16-5-10-4-11(6-16)15(3,12(10)7-16)20-13(18)8-17/h10-12H,1,4-8H2,2-3H3. The molecule has 4 rings (SSSR count). The molecule has 0 aliphatic heterocycles. The van der Waals surface area contributed by atoms with Gasteiger partial charge in [-0.3, -0.25) is 4.79 Å². The molecule has 0 amide bonds. The molecule has 0 radical (unpaired) electrons. The number of alkyl halides is 1. The first-order valence-electron chi connectivity index (χ1n) is 7.46. The predicted octanol–water partition coefficient (Wildman–Crippen LogP) is 2.84. The van der Waals surface area contributed by atoms with Gasteiger partial charge < -0.3 is 9.47 Å². The molecule has 4 saturated carbocycles. The summed E-state index contributed by atoms with van der Waals surface area (Å²) in [6.45, 7) is 7.33. The summed E-state index contributed by atoms with van der Waals surface area (Å²) >= 11 is 5.57. The smallest absolute Gasteiger partial charge is 0.333 e. The van der Waals surface area contributed by atoms with Crippen molar-refractivity contribution in [2.24, 2.45) is 17.8 Å². The van der Waals surface area contributed by atoms with Gasteiger partial charge in [-0.15, -0.1) is 11.6 Å². The van der Waals surface area contributed by atoms with Gasteiger partial charge >= 0.3 is 11.9 Å². The van der Waals surface area contributed by atoms with Gasteiger partial charge in [0.25, 0.3) is 0 Å². The van der Waals surface area contributed by atoms with Crippen LogP contribution < -0.4 is 0 Å². The van der Waals surface area contributed by atoms with Gasteiger partial charge in [0.2, 0.25) is 0 Å². The molecule has 0 aromatic heterocycles. The van der Waals surface area contributed by atoms with Crippen molar-refractivity contribution in [1.29, 1.82) is 0 Å². The molecule has 4 fully saturated rings. The summed E-state index contributed by atoms with van der Waals surface area (Å²) in [6.07, 6.45) is 3.47. The Labute approximate surface area is 129 Å². The minimum absolute atomic E-state index is 0.116. The van der Waals surface area contributed by atoms with Crippen LogP contribution in [0.15, 0.2) is 12.2 Å². The Balaban J connectivity index is 1.78. The van der Waals surface area contributed by atoms with E-state index in [1.807, 2.05) is 6.92 Å². The lowest BCUT2D eigenvalue weighted by Crippen LogP contribution is -2.51. The van der Waals surface area contributed by atoms with Crippen molar-refractivity contribution in [3.05, 3.63) is 12.2 Å². The zero-order chi connectivity index (χ0) is 15.4. The molecule has 4 aliphatic carbocycles. The number of carbonyl (C=O) groups excluding carboxylic acids is 2. The van der Waals surface area contributed by atoms with E-state index in [2.05, 4.69) is 6.58 Å². The molecule has 4 bridgehead atoms. The first kappa shape index (κ1) is 14.9. The van der Waals surface area contributed by atoms with Crippen LogP contribution in [0.25, 0.3) is 0 Å². The lowest BCUT2D eigenvalue weighted by Gasteiger charge is -2.46. The summed E-state index contributed by atoms with van der Waals surface area (Å²) in [7, 11) is 0. The molecule has 4 aliphatic rings. The van der Waals surface area contributed by atoms with Crippen LogP contribution >= 0.6 is 11.6 Å². The summed E-state index contributed by atoms with van der Waals surface area (Å²) in [5.41, 5.74) is -0.392. The van der Waals surface area contributed by atoms with Gasteiger partial charge in [0.1, 0.15) is 17.1 Å². The molecule has 0 spiro atoms. The molecule has 0 saturated heterocycles. The van der Waals surface area contributed by atoms with Crippen molar-refractivity contribution < 1.29 is 19.1 Å². The van der Waals surface area contributed by atoms with E-state index in [1.54, 1.807) is 6.92 Å². The molecule has 21 heavy (non-hydrogen) atoms. The van der Waals surface area contributed by atoms with Crippen molar-refractivity contribution in [3.63, 3.8) is 0 Å². The average molecular weight is 313 g/mol. The van der Waals surface area contributed by atoms with Gasteiger partial charge in [0.05, 0.1) is 0 Å². The van der Waals surface area contributed by atoms with E-state index in [1.165, 1.54) is 0 Å². The Hall–Kier alpha value is -1.03. The van der Waals surface area contributed by atoms with Gasteiger partial charge in [-0.25, -0.2) is 4.79 Å². The number of carbonyl (C=O) groups is 2. The predicted molar refractivity (Wildman–Crippen MR) is 77.8 cm³/mol. The van der Waals surface area contributed by atoms with Gasteiger partial charge in [0, 0.05) is 17.4 Å². The van der Waals surface area contributed by atoms with E-state index >= 15 is 0 Å². The molecule has 5 atom stereocenters. The maximum atomic E-state index is 11.9. The third kappa shape index (κ3) is 2.19. The van der Waals surface area contributed by atoms with Crippen LogP contribution in [0, 0.1) is 17.8 Å². The molecule has 0 aromatic rings. The maximum absolute atomic E-state index is 11.9. The van der Waals surface area contributed by atoms with Crippen LogP contribution in [0.3, 0.4) is 0 Å². The number of hydrogen-bond acceptors (Lipinski definition) is 4. The van der Waals surface area contributed by atoms with E-state index in [0.29, 0.717) is 11.5 Å². The van der Waals surface area contributed by atoms with E-state index < -0.39 is 5.60 Å². The van der Waals surface area contributed by atoms with E-state index in [-0.39, 0.29) is 35.3 Å². The van der Waals surface area contributed by atoms with E-state index in [4.69, 9.17) is 21.1 Å². The second-order valence-electron chi connectivity index (χ2n) is 7.06. The summed E-state index contributed by atoms with van der Waals surface area (Å²) in [5, 5.41) is 0. The lowest BCUT2D eigenvalue weighted by molar-refractivity contribution is -0.184. The quantitative estimate of drug-likeness (QED) is 0.455. The molecule has 5 heteroatoms. The first-order chi connectivity index (χ1) is 9.79. The van der Waals surface area contributed by atoms with Crippen LogP contribution in [0.2, 0.25) is 0 Å². The minimum atomic E-state index is -0.452. The highest BCUT2D eigenvalue weighted by Gasteiger charge is 2.68. The van der Waals surface area contributed by atoms with Crippen LogP contribution in [-0.4, -0.2) is 29.0 Å². The van der Waals surface area contributed by atoms with Crippen LogP contribution in [0.4, 0.5) is 0 Å². The van der Waals surface area contributed by atoms with Crippen molar-refractivity contribution in [1.82, 2.24) is 0 Å². The largest absolute Gasteiger partial charge is 0.458 e. The molecule has 116 valence electrons. The van der Waals surface area contributed by atoms with Gasteiger partial charge in [-0.1, -0.05) is 6.58 Å². The number of halogens is 1. The Kier molecular flexibility index (Phi) is 3.36. The fourth-order valence-electron chi connectivity index (χ4n) is 4.83. The number of hydrogen-bond donors (Lipinski definition) is 0. The highest BCUT2D eigenvalue weighted by molar-refractivity contribution is 6.26. The van der Waals surface area contributed by atoms with Crippen LogP contribution in [0.5, 0.6) is 0 Å². The van der Waals surface area contributed by atoms with Crippen LogP contribution in [0.1, 0.15) is 39.5 Å². The van der Waals surface area contributed by atoms with Crippen molar-refractivity contribution in [3.8, 4) is 0 Å². The SMILES string of the molecule is C=C(C)C(=O)OC12CC3CC(C1)C(C)(OC(=O)CCl)C3C2. The van der Waals surface area contributed by atoms with Gasteiger partial charge in [-0.05, 0) is 45.4 Å². The third-order valence-corrected chi connectivity index (χ3v) is 5.87. The molecule has 0 heterocycles. The van der Waals surface area contributed by atoms with Gasteiger partial charge in [-0.2, -0.15) is 0 Å². The summed E-state index contributed by atoms with van der Waals surface area (Å²) in [5.74, 6) is 0.200. The second kappa shape index (κ2) is 4.73. The summed E-state index contributed by atoms with van der Waals surface area (Å²) in [4.78, 5) is 23.5. The molecule has 0 aromatic carbocycles. The Morgan fingerprint density at radius 1 is 1.29 bits per heavy atom. The molecule has 5 unspecified atom stereocenters. The number of rotatable bonds is 4.